The molecule has 0 bridgehead atoms. The maximum absolute atomic E-state index is 5.47. The summed E-state index contributed by atoms with van der Waals surface area (Å²) in [5.41, 5.74) is 5.47. The maximum Gasteiger partial charge on any atom is 0.109 e. The minimum absolute atomic E-state index is 0. The Labute approximate surface area is 78.6 Å². The van der Waals surface area contributed by atoms with Crippen molar-refractivity contribution in [3.05, 3.63) is 0 Å². The fourth-order valence-corrected chi connectivity index (χ4v) is 1.37. The third-order valence-electron chi connectivity index (χ3n) is 1.81. The van der Waals surface area contributed by atoms with Crippen molar-refractivity contribution in [1.82, 2.24) is 0 Å². The predicted octanol–water partition coefficient (Wildman–Crippen LogP) is 1.95. The van der Waals surface area contributed by atoms with Crippen LogP contribution in [0.15, 0.2) is 4.99 Å². The maximum atomic E-state index is 5.47. The molecular weight excluding hydrogens is 183 g/mol. The number of aliphatic imine (C=N–C) groups is 1. The Balaban J connectivity index is 0.000001000. The van der Waals surface area contributed by atoms with Crippen molar-refractivity contribution in [2.24, 2.45) is 10.7 Å². The van der Waals surface area contributed by atoms with Crippen LogP contribution < -0.4 is 5.73 Å². The summed E-state index contributed by atoms with van der Waals surface area (Å²) in [4.78, 5) is 4.26. The number of halogens is 2. The Morgan fingerprint density at radius 3 is 2.45 bits per heavy atom. The molecule has 0 heterocycles. The van der Waals surface area contributed by atoms with Crippen LogP contribution in [-0.2, 0) is 0 Å². The summed E-state index contributed by atoms with van der Waals surface area (Å²) in [6, 6.07) is 0.471. The lowest BCUT2D eigenvalue weighted by molar-refractivity contribution is 0.705. The Bertz CT molecular complexity index is 130. The zero-order valence-electron chi connectivity index (χ0n) is 6.42. The van der Waals surface area contributed by atoms with E-state index in [0.717, 1.165) is 0 Å². The molecule has 0 unspecified atom stereocenters. The van der Waals surface area contributed by atoms with E-state index < -0.39 is 0 Å². The smallest absolute Gasteiger partial charge is 0.109 e. The number of amidine groups is 1. The molecule has 66 valence electrons. The second-order valence-corrected chi connectivity index (χ2v) is 2.96. The van der Waals surface area contributed by atoms with Crippen LogP contribution in [0.25, 0.3) is 0 Å². The fourth-order valence-electron chi connectivity index (χ4n) is 1.30. The number of alkyl halides is 1. The minimum atomic E-state index is 0. The first-order valence-electron chi connectivity index (χ1n) is 3.71. The molecular formula is C7H14Cl2N2. The Hall–Kier alpha value is 0.0500. The van der Waals surface area contributed by atoms with Crippen molar-refractivity contribution < 1.29 is 0 Å². The normalized spacial score (nSPS) is 19.9. The monoisotopic (exact) mass is 196 g/mol. The number of hydrogen-bond acceptors (Lipinski definition) is 1. The van der Waals surface area contributed by atoms with Crippen molar-refractivity contribution in [1.29, 1.82) is 0 Å². The summed E-state index contributed by atoms with van der Waals surface area (Å²) < 4.78 is 0. The molecule has 0 radical (unpaired) electrons. The van der Waals surface area contributed by atoms with E-state index in [1.165, 1.54) is 25.7 Å². The molecule has 0 aromatic heterocycles. The van der Waals surface area contributed by atoms with Crippen LogP contribution in [0.1, 0.15) is 25.7 Å². The van der Waals surface area contributed by atoms with Crippen LogP contribution in [0.3, 0.4) is 0 Å². The summed E-state index contributed by atoms with van der Waals surface area (Å²) in [7, 11) is 0. The van der Waals surface area contributed by atoms with Crippen molar-refractivity contribution in [2.45, 2.75) is 31.7 Å². The number of rotatable bonds is 2. The van der Waals surface area contributed by atoms with Gasteiger partial charge in [-0.15, -0.1) is 24.0 Å². The molecule has 0 aromatic rings. The third kappa shape index (κ3) is 3.82. The highest BCUT2D eigenvalue weighted by Crippen LogP contribution is 2.20. The van der Waals surface area contributed by atoms with E-state index in [1.807, 2.05) is 0 Å². The van der Waals surface area contributed by atoms with Gasteiger partial charge in [-0.05, 0) is 12.8 Å². The molecule has 11 heavy (non-hydrogen) atoms. The minimum Gasteiger partial charge on any atom is -0.386 e. The molecule has 2 N–H and O–H groups in total. The molecule has 0 spiro atoms. The van der Waals surface area contributed by atoms with Gasteiger partial charge in [-0.25, -0.2) is 0 Å². The van der Waals surface area contributed by atoms with Crippen molar-refractivity contribution in [2.75, 3.05) is 5.88 Å². The van der Waals surface area contributed by atoms with Crippen LogP contribution in [0.2, 0.25) is 0 Å². The third-order valence-corrected chi connectivity index (χ3v) is 2.08. The molecule has 1 fully saturated rings. The van der Waals surface area contributed by atoms with E-state index in [1.54, 1.807) is 0 Å². The predicted molar refractivity (Wildman–Crippen MR) is 51.8 cm³/mol. The van der Waals surface area contributed by atoms with Gasteiger partial charge >= 0.3 is 0 Å². The molecule has 0 atom stereocenters. The quantitative estimate of drug-likeness (QED) is 0.410. The highest BCUT2D eigenvalue weighted by atomic mass is 35.5. The second kappa shape index (κ2) is 5.67. The van der Waals surface area contributed by atoms with Crippen LogP contribution >= 0.6 is 24.0 Å². The van der Waals surface area contributed by atoms with Gasteiger partial charge in [0.2, 0.25) is 0 Å². The summed E-state index contributed by atoms with van der Waals surface area (Å²) in [5.74, 6) is 0.963. The molecule has 4 heteroatoms. The summed E-state index contributed by atoms with van der Waals surface area (Å²) in [5, 5.41) is 0. The molecule has 1 aliphatic carbocycles. The fraction of sp³-hybridized carbons (Fsp3) is 0.857. The highest BCUT2D eigenvalue weighted by Gasteiger charge is 2.13. The first kappa shape index (κ1) is 11.1. The topological polar surface area (TPSA) is 38.4 Å². The lowest BCUT2D eigenvalue weighted by atomic mass is 10.3. The SMILES string of the molecule is Cl.NC(CCl)=NC1CCCC1. The Morgan fingerprint density at radius 2 is 2.00 bits per heavy atom. The molecule has 2 nitrogen and oxygen atoms in total. The van der Waals surface area contributed by atoms with E-state index in [4.69, 9.17) is 17.3 Å². The largest absolute Gasteiger partial charge is 0.386 e. The van der Waals surface area contributed by atoms with Crippen molar-refractivity contribution >= 4 is 29.8 Å². The Morgan fingerprint density at radius 1 is 1.45 bits per heavy atom. The number of nitrogens with zero attached hydrogens (tertiary/aromatic N) is 1. The Kier molecular flexibility index (Phi) is 5.69. The van der Waals surface area contributed by atoms with Crippen molar-refractivity contribution in [3.63, 3.8) is 0 Å². The molecule has 1 aliphatic rings. The molecule has 0 amide bonds. The number of hydrogen-bond donors (Lipinski definition) is 1. The summed E-state index contributed by atoms with van der Waals surface area (Å²) >= 11 is 5.47. The van der Waals surface area contributed by atoms with E-state index in [9.17, 15) is 0 Å². The highest BCUT2D eigenvalue weighted by molar-refractivity contribution is 6.27. The van der Waals surface area contributed by atoms with Crippen molar-refractivity contribution in [3.8, 4) is 0 Å². The molecule has 0 saturated heterocycles. The van der Waals surface area contributed by atoms with Gasteiger partial charge in [0.05, 0.1) is 11.9 Å². The van der Waals surface area contributed by atoms with Gasteiger partial charge < -0.3 is 5.73 Å². The lowest BCUT2D eigenvalue weighted by Gasteiger charge is -2.01. The van der Waals surface area contributed by atoms with Crippen LogP contribution in [0.4, 0.5) is 0 Å². The lowest BCUT2D eigenvalue weighted by Crippen LogP contribution is -2.16. The first-order valence-corrected chi connectivity index (χ1v) is 4.24. The van der Waals surface area contributed by atoms with Gasteiger partial charge in [0.25, 0.3) is 0 Å². The van der Waals surface area contributed by atoms with E-state index in [2.05, 4.69) is 4.99 Å². The first-order chi connectivity index (χ1) is 4.83. The van der Waals surface area contributed by atoms with Gasteiger partial charge in [-0.1, -0.05) is 12.8 Å². The standard InChI is InChI=1S/C7H13ClN2.ClH/c8-5-7(9)10-6-3-1-2-4-6;/h6H,1-5H2,(H2,9,10);1H. The van der Waals surface area contributed by atoms with Crippen LogP contribution in [0, 0.1) is 0 Å². The molecule has 1 rings (SSSR count). The summed E-state index contributed by atoms with van der Waals surface area (Å²) in [6.45, 7) is 0. The zero-order chi connectivity index (χ0) is 7.40. The van der Waals surface area contributed by atoms with E-state index in [0.29, 0.717) is 17.8 Å². The van der Waals surface area contributed by atoms with Gasteiger partial charge in [0, 0.05) is 0 Å². The van der Waals surface area contributed by atoms with E-state index >= 15 is 0 Å². The van der Waals surface area contributed by atoms with E-state index in [-0.39, 0.29) is 12.4 Å². The van der Waals surface area contributed by atoms with Gasteiger partial charge in [0.1, 0.15) is 5.84 Å². The van der Waals surface area contributed by atoms with Gasteiger partial charge in [-0.3, -0.25) is 4.99 Å². The zero-order valence-corrected chi connectivity index (χ0v) is 8.00. The van der Waals surface area contributed by atoms with Gasteiger partial charge in [-0.2, -0.15) is 0 Å². The van der Waals surface area contributed by atoms with Crippen LogP contribution in [-0.4, -0.2) is 17.8 Å². The molecule has 0 aromatic carbocycles. The average Bonchev–Trinajstić information content (AvgIpc) is 2.40. The second-order valence-electron chi connectivity index (χ2n) is 2.69. The number of nitrogens with two attached hydrogens (primary N) is 1. The average molecular weight is 197 g/mol. The molecule has 0 aliphatic heterocycles. The summed E-state index contributed by atoms with van der Waals surface area (Å²) in [6.07, 6.45) is 4.97. The van der Waals surface area contributed by atoms with Gasteiger partial charge in [0.15, 0.2) is 0 Å². The molecule has 1 saturated carbocycles. The van der Waals surface area contributed by atoms with Crippen LogP contribution in [0.5, 0.6) is 0 Å².